The Labute approximate surface area is 87.5 Å². The lowest BCUT2D eigenvalue weighted by Gasteiger charge is -2.23. The second-order valence-electron chi connectivity index (χ2n) is 4.81. The van der Waals surface area contributed by atoms with Crippen molar-refractivity contribution < 1.29 is 0 Å². The van der Waals surface area contributed by atoms with Gasteiger partial charge in [0.2, 0.25) is 0 Å². The summed E-state index contributed by atoms with van der Waals surface area (Å²) in [5.41, 5.74) is 3.20. The van der Waals surface area contributed by atoms with Gasteiger partial charge < -0.3 is 4.90 Å². The molecular formula is C13H21N. The largest absolute Gasteiger partial charge is 0.377 e. The van der Waals surface area contributed by atoms with E-state index in [0.717, 1.165) is 5.92 Å². The SMILES string of the molecule is CC1=CC/C(=C/N2CCCC2)C(C)C1. The van der Waals surface area contributed by atoms with Crippen molar-refractivity contribution in [2.75, 3.05) is 13.1 Å². The fourth-order valence-corrected chi connectivity index (χ4v) is 2.48. The molecule has 0 aromatic heterocycles. The standard InChI is InChI=1S/C13H21N/c1-11-5-6-13(12(2)9-11)10-14-7-3-4-8-14/h5,10,12H,3-4,6-9H2,1-2H3/b13-10-. The minimum absolute atomic E-state index is 0.764. The molecule has 1 heteroatoms. The molecule has 1 aliphatic carbocycles. The van der Waals surface area contributed by atoms with E-state index in [-0.39, 0.29) is 0 Å². The monoisotopic (exact) mass is 191 g/mol. The third kappa shape index (κ3) is 2.20. The van der Waals surface area contributed by atoms with Gasteiger partial charge in [-0.15, -0.1) is 0 Å². The minimum Gasteiger partial charge on any atom is -0.377 e. The van der Waals surface area contributed by atoms with Crippen LogP contribution in [0.2, 0.25) is 0 Å². The molecule has 0 aromatic rings. The molecule has 78 valence electrons. The molecule has 1 nitrogen and oxygen atoms in total. The van der Waals surface area contributed by atoms with Gasteiger partial charge in [-0.25, -0.2) is 0 Å². The summed E-state index contributed by atoms with van der Waals surface area (Å²) in [7, 11) is 0. The van der Waals surface area contributed by atoms with Gasteiger partial charge in [0, 0.05) is 13.1 Å². The summed E-state index contributed by atoms with van der Waals surface area (Å²) in [6.45, 7) is 7.17. The maximum absolute atomic E-state index is 2.50. The predicted molar refractivity (Wildman–Crippen MR) is 61.0 cm³/mol. The third-order valence-electron chi connectivity index (χ3n) is 3.44. The highest BCUT2D eigenvalue weighted by molar-refractivity contribution is 5.20. The fourth-order valence-electron chi connectivity index (χ4n) is 2.48. The Morgan fingerprint density at radius 1 is 1.36 bits per heavy atom. The second-order valence-corrected chi connectivity index (χ2v) is 4.81. The van der Waals surface area contributed by atoms with E-state index in [1.165, 1.54) is 38.8 Å². The van der Waals surface area contributed by atoms with Gasteiger partial charge in [-0.1, -0.05) is 18.6 Å². The minimum atomic E-state index is 0.764. The highest BCUT2D eigenvalue weighted by Gasteiger charge is 2.16. The molecule has 0 saturated carbocycles. The van der Waals surface area contributed by atoms with Crippen LogP contribution in [-0.4, -0.2) is 18.0 Å². The number of likely N-dealkylation sites (tertiary alicyclic amines) is 1. The zero-order chi connectivity index (χ0) is 9.97. The number of hydrogen-bond acceptors (Lipinski definition) is 1. The second kappa shape index (κ2) is 4.20. The molecule has 0 N–H and O–H groups in total. The van der Waals surface area contributed by atoms with Crippen molar-refractivity contribution in [3.63, 3.8) is 0 Å². The average Bonchev–Trinajstić information content (AvgIpc) is 2.62. The third-order valence-corrected chi connectivity index (χ3v) is 3.44. The molecule has 0 bridgehead atoms. The van der Waals surface area contributed by atoms with Crippen molar-refractivity contribution >= 4 is 0 Å². The van der Waals surface area contributed by atoms with Crippen molar-refractivity contribution in [2.24, 2.45) is 5.92 Å². The van der Waals surface area contributed by atoms with Crippen LogP contribution in [0.25, 0.3) is 0 Å². The Morgan fingerprint density at radius 3 is 2.71 bits per heavy atom. The molecule has 1 saturated heterocycles. The molecule has 14 heavy (non-hydrogen) atoms. The van der Waals surface area contributed by atoms with Crippen LogP contribution in [0, 0.1) is 5.92 Å². The van der Waals surface area contributed by atoms with Gasteiger partial charge in [-0.2, -0.15) is 0 Å². The first kappa shape index (κ1) is 9.82. The van der Waals surface area contributed by atoms with E-state index in [9.17, 15) is 0 Å². The molecule has 2 rings (SSSR count). The van der Waals surface area contributed by atoms with Crippen molar-refractivity contribution in [2.45, 2.75) is 39.5 Å². The number of nitrogens with zero attached hydrogens (tertiary/aromatic N) is 1. The van der Waals surface area contributed by atoms with Crippen LogP contribution in [-0.2, 0) is 0 Å². The average molecular weight is 191 g/mol. The van der Waals surface area contributed by atoms with Crippen LogP contribution in [0.15, 0.2) is 23.4 Å². The quantitative estimate of drug-likeness (QED) is 0.575. The molecular weight excluding hydrogens is 170 g/mol. The van der Waals surface area contributed by atoms with E-state index in [4.69, 9.17) is 0 Å². The number of hydrogen-bond donors (Lipinski definition) is 0. The molecule has 1 fully saturated rings. The van der Waals surface area contributed by atoms with Gasteiger partial charge in [-0.3, -0.25) is 0 Å². The molecule has 1 atom stereocenters. The van der Waals surface area contributed by atoms with E-state index in [2.05, 4.69) is 31.0 Å². The topological polar surface area (TPSA) is 3.24 Å². The zero-order valence-electron chi connectivity index (χ0n) is 9.42. The van der Waals surface area contributed by atoms with Crippen LogP contribution >= 0.6 is 0 Å². The summed E-state index contributed by atoms with van der Waals surface area (Å²) < 4.78 is 0. The van der Waals surface area contributed by atoms with Gasteiger partial charge in [-0.05, 0) is 50.3 Å². The van der Waals surface area contributed by atoms with E-state index < -0.39 is 0 Å². The molecule has 0 radical (unpaired) electrons. The summed E-state index contributed by atoms with van der Waals surface area (Å²) in [4.78, 5) is 2.50. The van der Waals surface area contributed by atoms with Gasteiger partial charge in [0.1, 0.15) is 0 Å². The van der Waals surface area contributed by atoms with Gasteiger partial charge in [0.25, 0.3) is 0 Å². The highest BCUT2D eigenvalue weighted by atomic mass is 15.1. The van der Waals surface area contributed by atoms with E-state index in [1.807, 2.05) is 0 Å². The van der Waals surface area contributed by atoms with Crippen molar-refractivity contribution in [1.82, 2.24) is 4.90 Å². The molecule has 2 aliphatic rings. The smallest absolute Gasteiger partial charge is 0.0173 e. The normalized spacial score (nSPS) is 31.0. The zero-order valence-corrected chi connectivity index (χ0v) is 9.42. The molecule has 0 amide bonds. The van der Waals surface area contributed by atoms with Crippen molar-refractivity contribution in [1.29, 1.82) is 0 Å². The maximum atomic E-state index is 2.50. The molecule has 0 spiro atoms. The number of rotatable bonds is 1. The van der Waals surface area contributed by atoms with Crippen LogP contribution in [0.5, 0.6) is 0 Å². The lowest BCUT2D eigenvalue weighted by atomic mass is 9.87. The maximum Gasteiger partial charge on any atom is 0.0173 e. The van der Waals surface area contributed by atoms with Crippen molar-refractivity contribution in [3.8, 4) is 0 Å². The Morgan fingerprint density at radius 2 is 2.07 bits per heavy atom. The van der Waals surface area contributed by atoms with Crippen molar-refractivity contribution in [3.05, 3.63) is 23.4 Å². The van der Waals surface area contributed by atoms with E-state index >= 15 is 0 Å². The highest BCUT2D eigenvalue weighted by Crippen LogP contribution is 2.29. The Bertz CT molecular complexity index is 256. The van der Waals surface area contributed by atoms with Crippen LogP contribution in [0.3, 0.4) is 0 Å². The van der Waals surface area contributed by atoms with Crippen LogP contribution in [0.4, 0.5) is 0 Å². The van der Waals surface area contributed by atoms with Gasteiger partial charge >= 0.3 is 0 Å². The Kier molecular flexibility index (Phi) is 2.95. The van der Waals surface area contributed by atoms with Gasteiger partial charge in [0.15, 0.2) is 0 Å². The summed E-state index contributed by atoms with van der Waals surface area (Å²) in [5, 5.41) is 0. The fraction of sp³-hybridized carbons (Fsp3) is 0.692. The Balaban J connectivity index is 2.02. The molecule has 1 heterocycles. The molecule has 0 aromatic carbocycles. The first-order chi connectivity index (χ1) is 6.75. The number of allylic oxidation sites excluding steroid dienone is 3. The van der Waals surface area contributed by atoms with E-state index in [0.29, 0.717) is 0 Å². The lowest BCUT2D eigenvalue weighted by molar-refractivity contribution is 0.452. The summed E-state index contributed by atoms with van der Waals surface area (Å²) >= 11 is 0. The summed E-state index contributed by atoms with van der Waals surface area (Å²) in [6.07, 6.45) is 10.0. The first-order valence-corrected chi connectivity index (χ1v) is 5.86. The summed E-state index contributed by atoms with van der Waals surface area (Å²) in [5.74, 6) is 0.764. The lowest BCUT2D eigenvalue weighted by Crippen LogP contribution is -2.15. The van der Waals surface area contributed by atoms with E-state index in [1.54, 1.807) is 11.1 Å². The summed E-state index contributed by atoms with van der Waals surface area (Å²) in [6, 6.07) is 0. The first-order valence-electron chi connectivity index (χ1n) is 5.86. The van der Waals surface area contributed by atoms with Crippen LogP contribution in [0.1, 0.15) is 39.5 Å². The molecule has 1 aliphatic heterocycles. The predicted octanol–water partition coefficient (Wildman–Crippen LogP) is 3.34. The van der Waals surface area contributed by atoms with Gasteiger partial charge in [0.05, 0.1) is 0 Å². The van der Waals surface area contributed by atoms with Crippen LogP contribution < -0.4 is 0 Å². The molecule has 1 unspecified atom stereocenters. The Hall–Kier alpha value is -0.720.